The Labute approximate surface area is 300 Å². The van der Waals surface area contributed by atoms with E-state index in [4.69, 9.17) is 23.4 Å². The number of methoxy groups -OCH3 is 1. The Hall–Kier alpha value is -3.25. The molecule has 0 saturated carbocycles. The van der Waals surface area contributed by atoms with Gasteiger partial charge < -0.3 is 28.7 Å². The van der Waals surface area contributed by atoms with Crippen LogP contribution in [0.5, 0.6) is 0 Å². The van der Waals surface area contributed by atoms with E-state index < -0.39 is 56.2 Å². The quantitative estimate of drug-likeness (QED) is 0.150. The van der Waals surface area contributed by atoms with E-state index in [1.54, 1.807) is 25.7 Å². The zero-order valence-electron chi connectivity index (χ0n) is 32.2. The highest BCUT2D eigenvalue weighted by Crippen LogP contribution is 2.41. The van der Waals surface area contributed by atoms with Gasteiger partial charge in [0.15, 0.2) is 0 Å². The number of nitrogens with one attached hydrogen (secondary N) is 1. The van der Waals surface area contributed by atoms with Crippen molar-refractivity contribution >= 4 is 36.7 Å². The van der Waals surface area contributed by atoms with Crippen LogP contribution in [0.3, 0.4) is 0 Å². The summed E-state index contributed by atoms with van der Waals surface area (Å²) in [7, 11) is -1.52. The van der Waals surface area contributed by atoms with Gasteiger partial charge in [-0.3, -0.25) is 9.69 Å². The molecule has 0 spiro atoms. The molecule has 0 aromatic heterocycles. The summed E-state index contributed by atoms with van der Waals surface area (Å²) in [6.07, 6.45) is -0.837. The number of nitrogens with zero attached hydrogens (tertiary/aromatic N) is 1. The van der Waals surface area contributed by atoms with Crippen molar-refractivity contribution in [3.8, 4) is 0 Å². The predicted octanol–water partition coefficient (Wildman–Crippen LogP) is 6.15. The Morgan fingerprint density at radius 3 is 1.80 bits per heavy atom. The predicted molar refractivity (Wildman–Crippen MR) is 198 cm³/mol. The Morgan fingerprint density at radius 1 is 0.860 bits per heavy atom. The summed E-state index contributed by atoms with van der Waals surface area (Å²) in [6.45, 7) is 21.1. The van der Waals surface area contributed by atoms with E-state index in [1.165, 1.54) is 14.0 Å². The molecule has 0 aliphatic carbocycles. The molecule has 1 aliphatic rings. The average molecular weight is 713 g/mol. The van der Waals surface area contributed by atoms with E-state index >= 15 is 0 Å². The van der Waals surface area contributed by atoms with Gasteiger partial charge in [0.05, 0.1) is 6.10 Å². The molecule has 0 bridgehead atoms. The number of hydrogen-bond donors (Lipinski definition) is 1. The highest BCUT2D eigenvalue weighted by Gasteiger charge is 2.54. The molecule has 1 heterocycles. The van der Waals surface area contributed by atoms with Gasteiger partial charge in [-0.25, -0.2) is 9.59 Å². The minimum Gasteiger partial charge on any atom is -0.458 e. The first-order valence-corrected chi connectivity index (χ1v) is 19.6. The fraction of sp³-hybridized carbons (Fsp3) is 0.615. The van der Waals surface area contributed by atoms with Crippen molar-refractivity contribution in [3.63, 3.8) is 0 Å². The van der Waals surface area contributed by atoms with Gasteiger partial charge in [-0.1, -0.05) is 88.4 Å². The number of carbonyl (C=O) groups is 3. The Kier molecular flexibility index (Phi) is 13.9. The molecular weight excluding hydrogens is 653 g/mol. The lowest BCUT2D eigenvalue weighted by Gasteiger charge is -2.44. The van der Waals surface area contributed by atoms with Crippen molar-refractivity contribution in [2.45, 2.75) is 136 Å². The van der Waals surface area contributed by atoms with Gasteiger partial charge in [0.1, 0.15) is 17.2 Å². The summed E-state index contributed by atoms with van der Waals surface area (Å²) >= 11 is 0. The van der Waals surface area contributed by atoms with Crippen LogP contribution in [-0.4, -0.2) is 80.7 Å². The number of likely N-dealkylation sites (tertiary alicyclic amines) is 1. The maximum Gasteiger partial charge on any atom is 0.411 e. The molecule has 0 unspecified atom stereocenters. The molecule has 3 rings (SSSR count). The topological polar surface area (TPSA) is 113 Å². The summed E-state index contributed by atoms with van der Waals surface area (Å²) in [5.41, 5.74) is -1.58. The zero-order valence-corrected chi connectivity index (χ0v) is 33.2. The van der Waals surface area contributed by atoms with Crippen LogP contribution in [0.2, 0.25) is 5.04 Å². The monoisotopic (exact) mass is 712 g/mol. The van der Waals surface area contributed by atoms with Crippen molar-refractivity contribution in [1.29, 1.82) is 0 Å². The minimum absolute atomic E-state index is 0.270. The van der Waals surface area contributed by atoms with Gasteiger partial charge in [-0.2, -0.15) is 0 Å². The summed E-state index contributed by atoms with van der Waals surface area (Å²) in [5, 5.41) is 4.65. The molecule has 2 amide bonds. The molecule has 10 nitrogen and oxygen atoms in total. The fourth-order valence-corrected chi connectivity index (χ4v) is 11.3. The van der Waals surface area contributed by atoms with E-state index in [2.05, 4.69) is 50.4 Å². The molecule has 50 heavy (non-hydrogen) atoms. The maximum absolute atomic E-state index is 14.1. The van der Waals surface area contributed by atoms with Gasteiger partial charge >= 0.3 is 12.1 Å². The standard InChI is InChI=1S/C39H60N2O8Si/c1-13-29(47-35(45-12)40-27(2)42)25-32-28(24-33(34(43)48-37(3,4)5)41(32)36(44)49-38(6,7)8)26-46-50(39(9,10)11,30-20-16-14-17-21-30)31-22-18-15-19-23-31/h14-23,28-29,32-33,35H,13,24-26H2,1-12H3,(H,40,42)/t28-,29-,32+,33+,35+/m0/s1. The number of hydrogen-bond acceptors (Lipinski definition) is 8. The van der Waals surface area contributed by atoms with Gasteiger partial charge in [0.25, 0.3) is 8.32 Å². The fourth-order valence-electron chi connectivity index (χ4n) is 6.73. The SMILES string of the molecule is CC[C@@H](C[C@@H]1[C@H](CO[Si](c2ccccc2)(c2ccccc2)C(C)(C)C)C[C@H](C(=O)OC(C)(C)C)N1C(=O)OC(C)(C)C)O[C@H](NC(C)=O)OC. The lowest BCUT2D eigenvalue weighted by Crippen LogP contribution is -2.67. The Balaban J connectivity index is 2.16. The highest BCUT2D eigenvalue weighted by molar-refractivity contribution is 6.99. The van der Waals surface area contributed by atoms with Crippen LogP contribution >= 0.6 is 0 Å². The first kappa shape index (κ1) is 41.2. The second kappa shape index (κ2) is 16.8. The first-order valence-electron chi connectivity index (χ1n) is 17.7. The molecule has 2 aromatic carbocycles. The molecular formula is C39H60N2O8Si. The third-order valence-corrected chi connectivity index (χ3v) is 13.8. The van der Waals surface area contributed by atoms with Crippen LogP contribution in [0.1, 0.15) is 95.4 Å². The number of esters is 1. The van der Waals surface area contributed by atoms with E-state index in [9.17, 15) is 14.4 Å². The number of amides is 2. The molecule has 0 radical (unpaired) electrons. The lowest BCUT2D eigenvalue weighted by atomic mass is 9.94. The van der Waals surface area contributed by atoms with Crippen molar-refractivity contribution in [1.82, 2.24) is 10.2 Å². The lowest BCUT2D eigenvalue weighted by molar-refractivity contribution is -0.182. The van der Waals surface area contributed by atoms with E-state index in [1.807, 2.05) is 64.1 Å². The molecule has 278 valence electrons. The first-order chi connectivity index (χ1) is 23.2. The molecule has 5 atom stereocenters. The molecule has 1 saturated heterocycles. The zero-order chi connectivity index (χ0) is 37.5. The average Bonchev–Trinajstić information content (AvgIpc) is 3.37. The van der Waals surface area contributed by atoms with Gasteiger partial charge in [-0.05, 0) is 76.2 Å². The Morgan fingerprint density at radius 2 is 1.38 bits per heavy atom. The second-order valence-electron chi connectivity index (χ2n) is 16.1. The smallest absolute Gasteiger partial charge is 0.411 e. The summed E-state index contributed by atoms with van der Waals surface area (Å²) < 4.78 is 30.9. The van der Waals surface area contributed by atoms with Crippen molar-refractivity contribution in [2.24, 2.45) is 5.92 Å². The van der Waals surface area contributed by atoms with Crippen LogP contribution in [0.15, 0.2) is 60.7 Å². The van der Waals surface area contributed by atoms with Crippen LogP contribution in [0.25, 0.3) is 0 Å². The van der Waals surface area contributed by atoms with E-state index in [0.29, 0.717) is 19.3 Å². The van der Waals surface area contributed by atoms with Crippen molar-refractivity contribution in [2.75, 3.05) is 13.7 Å². The molecule has 1 aliphatic heterocycles. The molecule has 1 fully saturated rings. The summed E-state index contributed by atoms with van der Waals surface area (Å²) in [4.78, 5) is 41.5. The third-order valence-electron chi connectivity index (χ3n) is 8.79. The van der Waals surface area contributed by atoms with Crippen LogP contribution in [-0.2, 0) is 33.0 Å². The van der Waals surface area contributed by atoms with Crippen LogP contribution < -0.4 is 15.7 Å². The summed E-state index contributed by atoms with van der Waals surface area (Å²) in [5.74, 6) is -1.09. The largest absolute Gasteiger partial charge is 0.458 e. The van der Waals surface area contributed by atoms with E-state index in [0.717, 1.165) is 10.4 Å². The molecule has 2 aromatic rings. The number of benzene rings is 2. The van der Waals surface area contributed by atoms with Gasteiger partial charge in [0, 0.05) is 32.6 Å². The van der Waals surface area contributed by atoms with Crippen molar-refractivity contribution in [3.05, 3.63) is 60.7 Å². The minimum atomic E-state index is -2.97. The Bertz CT molecular complexity index is 1360. The third kappa shape index (κ3) is 10.6. The van der Waals surface area contributed by atoms with Gasteiger partial charge in [0.2, 0.25) is 12.3 Å². The number of rotatable bonds is 13. The highest BCUT2D eigenvalue weighted by atomic mass is 28.4. The normalized spacial score (nSPS) is 19.8. The maximum atomic E-state index is 14.1. The van der Waals surface area contributed by atoms with Crippen LogP contribution in [0.4, 0.5) is 4.79 Å². The van der Waals surface area contributed by atoms with Crippen molar-refractivity contribution < 1.29 is 37.8 Å². The summed E-state index contributed by atoms with van der Waals surface area (Å²) in [6, 6.07) is 19.3. The molecule has 1 N–H and O–H groups in total. The van der Waals surface area contributed by atoms with Gasteiger partial charge in [-0.15, -0.1) is 0 Å². The number of ether oxygens (including phenoxy) is 4. The molecule has 11 heteroatoms. The van der Waals surface area contributed by atoms with Crippen LogP contribution in [0, 0.1) is 5.92 Å². The number of carbonyl (C=O) groups excluding carboxylic acids is 3. The van der Waals surface area contributed by atoms with E-state index in [-0.39, 0.29) is 23.5 Å². The second-order valence-corrected chi connectivity index (χ2v) is 20.5.